The summed E-state index contributed by atoms with van der Waals surface area (Å²) in [5.74, 6) is 0.324. The van der Waals surface area contributed by atoms with E-state index in [1.54, 1.807) is 12.1 Å². The van der Waals surface area contributed by atoms with Gasteiger partial charge in [0.05, 0.1) is 19.3 Å². The lowest BCUT2D eigenvalue weighted by Gasteiger charge is -2.08. The zero-order valence-corrected chi connectivity index (χ0v) is 11.0. The van der Waals surface area contributed by atoms with Crippen LogP contribution in [0.15, 0.2) is 22.7 Å². The van der Waals surface area contributed by atoms with E-state index in [1.807, 2.05) is 6.07 Å². The lowest BCUT2D eigenvalue weighted by atomic mass is 10.2. The second kappa shape index (κ2) is 6.53. The van der Waals surface area contributed by atoms with Crippen LogP contribution in [-0.4, -0.2) is 19.7 Å². The van der Waals surface area contributed by atoms with Crippen LogP contribution >= 0.6 is 15.9 Å². The van der Waals surface area contributed by atoms with E-state index in [1.165, 1.54) is 7.11 Å². The monoisotopic (exact) mass is 286 g/mol. The van der Waals surface area contributed by atoms with Gasteiger partial charge in [-0.1, -0.05) is 13.3 Å². The summed E-state index contributed by atoms with van der Waals surface area (Å²) < 4.78 is 10.9. The van der Waals surface area contributed by atoms with Crippen LogP contribution in [0.1, 0.15) is 30.1 Å². The number of ether oxygens (including phenoxy) is 2. The SMILES string of the molecule is CCCCOc1ccc(Br)c(C(=O)OC)c1. The first-order chi connectivity index (χ1) is 7.69. The summed E-state index contributed by atoms with van der Waals surface area (Å²) in [4.78, 5) is 11.4. The Labute approximate surface area is 104 Å². The number of hydrogen-bond acceptors (Lipinski definition) is 3. The van der Waals surface area contributed by atoms with E-state index in [0.29, 0.717) is 22.4 Å². The highest BCUT2D eigenvalue weighted by atomic mass is 79.9. The molecule has 0 saturated heterocycles. The van der Waals surface area contributed by atoms with Gasteiger partial charge >= 0.3 is 5.97 Å². The quantitative estimate of drug-likeness (QED) is 0.615. The zero-order chi connectivity index (χ0) is 12.0. The number of esters is 1. The average molecular weight is 287 g/mol. The Kier molecular flexibility index (Phi) is 5.32. The van der Waals surface area contributed by atoms with Crippen molar-refractivity contribution < 1.29 is 14.3 Å². The van der Waals surface area contributed by atoms with E-state index in [0.717, 1.165) is 12.8 Å². The summed E-state index contributed by atoms with van der Waals surface area (Å²) in [6.07, 6.45) is 2.09. The van der Waals surface area contributed by atoms with Crippen molar-refractivity contribution in [2.24, 2.45) is 0 Å². The van der Waals surface area contributed by atoms with Crippen molar-refractivity contribution in [3.05, 3.63) is 28.2 Å². The fourth-order valence-electron chi connectivity index (χ4n) is 1.19. The molecular formula is C12H15BrO3. The average Bonchev–Trinajstić information content (AvgIpc) is 2.30. The van der Waals surface area contributed by atoms with Crippen molar-refractivity contribution in [1.82, 2.24) is 0 Å². The largest absolute Gasteiger partial charge is 0.494 e. The fourth-order valence-corrected chi connectivity index (χ4v) is 1.60. The van der Waals surface area contributed by atoms with Crippen LogP contribution in [-0.2, 0) is 4.74 Å². The van der Waals surface area contributed by atoms with Crippen molar-refractivity contribution >= 4 is 21.9 Å². The third-order valence-electron chi connectivity index (χ3n) is 2.11. The predicted molar refractivity (Wildman–Crippen MR) is 65.9 cm³/mol. The van der Waals surface area contributed by atoms with Crippen molar-refractivity contribution in [3.63, 3.8) is 0 Å². The maximum atomic E-state index is 11.4. The number of methoxy groups -OCH3 is 1. The smallest absolute Gasteiger partial charge is 0.339 e. The van der Waals surface area contributed by atoms with Crippen LogP contribution in [0.25, 0.3) is 0 Å². The Balaban J connectivity index is 2.77. The number of benzene rings is 1. The summed E-state index contributed by atoms with van der Waals surface area (Å²) in [5.41, 5.74) is 0.483. The summed E-state index contributed by atoms with van der Waals surface area (Å²) >= 11 is 3.30. The molecule has 0 bridgehead atoms. The molecule has 0 aliphatic heterocycles. The maximum Gasteiger partial charge on any atom is 0.339 e. The van der Waals surface area contributed by atoms with Gasteiger partial charge < -0.3 is 9.47 Å². The van der Waals surface area contributed by atoms with Gasteiger partial charge in [0.1, 0.15) is 5.75 Å². The van der Waals surface area contributed by atoms with E-state index < -0.39 is 0 Å². The van der Waals surface area contributed by atoms with Gasteiger partial charge in [-0.15, -0.1) is 0 Å². The molecule has 1 aromatic carbocycles. The molecule has 0 aliphatic rings. The molecule has 0 amide bonds. The first kappa shape index (κ1) is 13.0. The van der Waals surface area contributed by atoms with Gasteiger partial charge in [-0.3, -0.25) is 0 Å². The van der Waals surface area contributed by atoms with Gasteiger partial charge in [0.25, 0.3) is 0 Å². The minimum atomic E-state index is -0.368. The molecule has 0 atom stereocenters. The zero-order valence-electron chi connectivity index (χ0n) is 9.46. The third-order valence-corrected chi connectivity index (χ3v) is 2.80. The van der Waals surface area contributed by atoms with Gasteiger partial charge in [-0.05, 0) is 40.5 Å². The second-order valence-electron chi connectivity index (χ2n) is 3.34. The van der Waals surface area contributed by atoms with Crippen molar-refractivity contribution in [2.45, 2.75) is 19.8 Å². The molecule has 1 aromatic rings. The highest BCUT2D eigenvalue weighted by molar-refractivity contribution is 9.10. The minimum absolute atomic E-state index is 0.368. The van der Waals surface area contributed by atoms with E-state index >= 15 is 0 Å². The molecule has 0 heterocycles. The summed E-state index contributed by atoms with van der Waals surface area (Å²) in [6, 6.07) is 5.30. The van der Waals surface area contributed by atoms with Crippen molar-refractivity contribution in [2.75, 3.05) is 13.7 Å². The second-order valence-corrected chi connectivity index (χ2v) is 4.19. The molecule has 0 N–H and O–H groups in total. The molecule has 16 heavy (non-hydrogen) atoms. The summed E-state index contributed by atoms with van der Waals surface area (Å²) in [6.45, 7) is 2.77. The van der Waals surface area contributed by atoms with Gasteiger partial charge in [0.15, 0.2) is 0 Å². The highest BCUT2D eigenvalue weighted by Gasteiger charge is 2.11. The first-order valence-corrected chi connectivity index (χ1v) is 5.99. The lowest BCUT2D eigenvalue weighted by molar-refractivity contribution is 0.0599. The van der Waals surface area contributed by atoms with Crippen molar-refractivity contribution in [1.29, 1.82) is 0 Å². The predicted octanol–water partition coefficient (Wildman–Crippen LogP) is 3.41. The number of unbranched alkanes of at least 4 members (excludes halogenated alkanes) is 1. The number of rotatable bonds is 5. The summed E-state index contributed by atoms with van der Waals surface area (Å²) in [5, 5.41) is 0. The molecule has 0 saturated carbocycles. The van der Waals surface area contributed by atoms with Gasteiger partial charge in [0, 0.05) is 4.47 Å². The normalized spacial score (nSPS) is 9.94. The van der Waals surface area contributed by atoms with Gasteiger partial charge in [-0.25, -0.2) is 4.79 Å². The summed E-state index contributed by atoms with van der Waals surface area (Å²) in [7, 11) is 1.36. The molecular weight excluding hydrogens is 272 g/mol. The standard InChI is InChI=1S/C12H15BrO3/c1-3-4-7-16-9-5-6-11(13)10(8-9)12(14)15-2/h5-6,8H,3-4,7H2,1-2H3. The van der Waals surface area contributed by atoms with Gasteiger partial charge in [-0.2, -0.15) is 0 Å². The molecule has 1 rings (SSSR count). The Morgan fingerprint density at radius 1 is 1.44 bits per heavy atom. The van der Waals surface area contributed by atoms with Gasteiger partial charge in [0.2, 0.25) is 0 Å². The Bertz CT molecular complexity index is 363. The van der Waals surface area contributed by atoms with Crippen LogP contribution in [0, 0.1) is 0 Å². The molecule has 3 nitrogen and oxygen atoms in total. The van der Waals surface area contributed by atoms with E-state index in [2.05, 4.69) is 27.6 Å². The van der Waals surface area contributed by atoms with Crippen molar-refractivity contribution in [3.8, 4) is 5.75 Å². The van der Waals surface area contributed by atoms with Crippen LogP contribution in [0.2, 0.25) is 0 Å². The Morgan fingerprint density at radius 2 is 2.19 bits per heavy atom. The lowest BCUT2D eigenvalue weighted by Crippen LogP contribution is -2.03. The van der Waals surface area contributed by atoms with E-state index in [9.17, 15) is 4.79 Å². The van der Waals surface area contributed by atoms with Crippen LogP contribution in [0.5, 0.6) is 5.75 Å². The topological polar surface area (TPSA) is 35.5 Å². The van der Waals surface area contributed by atoms with E-state index in [4.69, 9.17) is 4.74 Å². The molecule has 0 aromatic heterocycles. The minimum Gasteiger partial charge on any atom is -0.494 e. The number of hydrogen-bond donors (Lipinski definition) is 0. The highest BCUT2D eigenvalue weighted by Crippen LogP contribution is 2.23. The Hall–Kier alpha value is -1.03. The number of halogens is 1. The molecule has 4 heteroatoms. The molecule has 0 radical (unpaired) electrons. The molecule has 0 unspecified atom stereocenters. The third kappa shape index (κ3) is 3.52. The first-order valence-electron chi connectivity index (χ1n) is 5.19. The maximum absolute atomic E-state index is 11.4. The molecule has 0 fully saturated rings. The van der Waals surface area contributed by atoms with E-state index in [-0.39, 0.29) is 5.97 Å². The molecule has 88 valence electrons. The molecule has 0 spiro atoms. The number of carbonyl (C=O) groups is 1. The molecule has 0 aliphatic carbocycles. The van der Waals surface area contributed by atoms with Crippen LogP contribution < -0.4 is 4.74 Å². The fraction of sp³-hybridized carbons (Fsp3) is 0.417. The Morgan fingerprint density at radius 3 is 2.81 bits per heavy atom. The van der Waals surface area contributed by atoms with Crippen LogP contribution in [0.3, 0.4) is 0 Å². The number of carbonyl (C=O) groups excluding carboxylic acids is 1. The van der Waals surface area contributed by atoms with Crippen LogP contribution in [0.4, 0.5) is 0 Å².